The van der Waals surface area contributed by atoms with E-state index in [4.69, 9.17) is 15.2 Å². The van der Waals surface area contributed by atoms with Crippen LogP contribution in [0.15, 0.2) is 24.5 Å². The van der Waals surface area contributed by atoms with Crippen LogP contribution in [0.1, 0.15) is 10.4 Å². The molecule has 8 nitrogen and oxygen atoms in total. The minimum atomic E-state index is -0.441. The molecule has 1 aliphatic rings. The first-order chi connectivity index (χ1) is 9.24. The van der Waals surface area contributed by atoms with E-state index in [0.717, 1.165) is 0 Å². The van der Waals surface area contributed by atoms with Crippen LogP contribution in [0.4, 0.5) is 11.6 Å². The number of benzene rings is 1. The Labute approximate surface area is 107 Å². The van der Waals surface area contributed by atoms with Gasteiger partial charge in [0.05, 0.1) is 18.0 Å². The maximum absolute atomic E-state index is 12.0. The molecule has 0 atom stereocenters. The summed E-state index contributed by atoms with van der Waals surface area (Å²) < 4.78 is 10.4. The summed E-state index contributed by atoms with van der Waals surface area (Å²) in [6.45, 7) is 0.117. The Morgan fingerprint density at radius 3 is 2.79 bits per heavy atom. The van der Waals surface area contributed by atoms with Gasteiger partial charge in [0.25, 0.3) is 5.91 Å². The van der Waals surface area contributed by atoms with Gasteiger partial charge in [-0.1, -0.05) is 0 Å². The van der Waals surface area contributed by atoms with Gasteiger partial charge < -0.3 is 15.2 Å². The summed E-state index contributed by atoms with van der Waals surface area (Å²) in [6, 6.07) is 3.06. The standard InChI is InChI=1S/C11H9N5O3/c12-7-4-9-8(18-5-19-9)3-6(7)10(17)15-11-13-1-2-14-16-11/h1-4H,5,12H2,(H,13,15,16,17). The number of anilines is 2. The van der Waals surface area contributed by atoms with Gasteiger partial charge in [0.1, 0.15) is 0 Å². The molecule has 3 rings (SSSR count). The monoisotopic (exact) mass is 259 g/mol. The highest BCUT2D eigenvalue weighted by atomic mass is 16.7. The molecular weight excluding hydrogens is 250 g/mol. The van der Waals surface area contributed by atoms with Gasteiger partial charge in [-0.2, -0.15) is 5.10 Å². The highest BCUT2D eigenvalue weighted by Gasteiger charge is 2.20. The molecule has 1 aromatic carbocycles. The van der Waals surface area contributed by atoms with Gasteiger partial charge in [-0.05, 0) is 6.07 Å². The Balaban J connectivity index is 1.88. The van der Waals surface area contributed by atoms with Gasteiger partial charge >= 0.3 is 0 Å². The zero-order chi connectivity index (χ0) is 13.2. The van der Waals surface area contributed by atoms with Crippen molar-refractivity contribution in [1.82, 2.24) is 15.2 Å². The summed E-state index contributed by atoms with van der Waals surface area (Å²) in [7, 11) is 0. The van der Waals surface area contributed by atoms with Crippen molar-refractivity contribution in [2.45, 2.75) is 0 Å². The summed E-state index contributed by atoms with van der Waals surface area (Å²) in [5.41, 5.74) is 6.34. The zero-order valence-corrected chi connectivity index (χ0v) is 9.66. The number of nitrogens with zero attached hydrogens (tertiary/aromatic N) is 3. The molecule has 1 aromatic heterocycles. The van der Waals surface area contributed by atoms with E-state index in [1.807, 2.05) is 0 Å². The van der Waals surface area contributed by atoms with Gasteiger partial charge in [-0.15, -0.1) is 5.10 Å². The normalized spacial score (nSPS) is 12.2. The molecule has 1 aliphatic heterocycles. The molecule has 2 heterocycles. The SMILES string of the molecule is Nc1cc2c(cc1C(=O)Nc1nccnn1)OCO2. The number of nitrogens with two attached hydrogens (primary N) is 1. The minimum absolute atomic E-state index is 0.101. The molecule has 2 aromatic rings. The summed E-state index contributed by atoms with van der Waals surface area (Å²) in [5, 5.41) is 9.76. The largest absolute Gasteiger partial charge is 0.454 e. The first kappa shape index (κ1) is 11.2. The smallest absolute Gasteiger partial charge is 0.260 e. The van der Waals surface area contributed by atoms with Crippen LogP contribution in [0, 0.1) is 0 Å². The average molecular weight is 259 g/mol. The number of ether oxygens (including phenoxy) is 2. The summed E-state index contributed by atoms with van der Waals surface area (Å²) >= 11 is 0. The molecule has 3 N–H and O–H groups in total. The highest BCUT2D eigenvalue weighted by molar-refractivity contribution is 6.07. The number of nitrogens with one attached hydrogen (secondary N) is 1. The van der Waals surface area contributed by atoms with Crippen molar-refractivity contribution >= 4 is 17.5 Å². The highest BCUT2D eigenvalue weighted by Crippen LogP contribution is 2.36. The lowest BCUT2D eigenvalue weighted by molar-refractivity contribution is 0.102. The van der Waals surface area contributed by atoms with E-state index in [1.165, 1.54) is 18.5 Å². The Kier molecular flexibility index (Phi) is 2.60. The molecule has 0 saturated carbocycles. The lowest BCUT2D eigenvalue weighted by Gasteiger charge is -2.07. The summed E-state index contributed by atoms with van der Waals surface area (Å²) in [6.07, 6.45) is 2.83. The van der Waals surface area contributed by atoms with E-state index in [0.29, 0.717) is 11.5 Å². The molecule has 0 bridgehead atoms. The number of nitrogen functional groups attached to an aromatic ring is 1. The van der Waals surface area contributed by atoms with E-state index in [1.54, 1.807) is 6.07 Å². The van der Waals surface area contributed by atoms with Crippen LogP contribution in [-0.2, 0) is 0 Å². The number of aromatic nitrogens is 3. The number of carbonyl (C=O) groups excluding carboxylic acids is 1. The van der Waals surface area contributed by atoms with Crippen LogP contribution in [0.3, 0.4) is 0 Å². The first-order valence-electron chi connectivity index (χ1n) is 5.38. The maximum atomic E-state index is 12.0. The van der Waals surface area contributed by atoms with Crippen LogP contribution in [0.2, 0.25) is 0 Å². The van der Waals surface area contributed by atoms with Crippen molar-refractivity contribution in [3.63, 3.8) is 0 Å². The number of rotatable bonds is 2. The number of amides is 1. The molecule has 0 aliphatic carbocycles. The van der Waals surface area contributed by atoms with Crippen molar-refractivity contribution in [3.8, 4) is 11.5 Å². The van der Waals surface area contributed by atoms with E-state index >= 15 is 0 Å². The Morgan fingerprint density at radius 1 is 1.26 bits per heavy atom. The number of hydrogen-bond donors (Lipinski definition) is 2. The zero-order valence-electron chi connectivity index (χ0n) is 9.66. The Hall–Kier alpha value is -2.90. The first-order valence-corrected chi connectivity index (χ1v) is 5.38. The number of fused-ring (bicyclic) bond motifs is 1. The van der Waals surface area contributed by atoms with E-state index < -0.39 is 5.91 Å². The average Bonchev–Trinajstić information content (AvgIpc) is 2.86. The van der Waals surface area contributed by atoms with Crippen molar-refractivity contribution in [1.29, 1.82) is 0 Å². The van der Waals surface area contributed by atoms with E-state index in [9.17, 15) is 4.79 Å². The fourth-order valence-electron chi connectivity index (χ4n) is 1.63. The molecule has 0 radical (unpaired) electrons. The van der Waals surface area contributed by atoms with Gasteiger partial charge in [-0.25, -0.2) is 4.98 Å². The Morgan fingerprint density at radius 2 is 2.05 bits per heavy atom. The second-order valence-corrected chi connectivity index (χ2v) is 3.71. The summed E-state index contributed by atoms with van der Waals surface area (Å²) in [4.78, 5) is 15.9. The van der Waals surface area contributed by atoms with Crippen molar-refractivity contribution in [2.24, 2.45) is 0 Å². The fraction of sp³-hybridized carbons (Fsp3) is 0.0909. The van der Waals surface area contributed by atoms with Gasteiger partial charge in [-0.3, -0.25) is 10.1 Å². The molecule has 19 heavy (non-hydrogen) atoms. The van der Waals surface area contributed by atoms with Crippen molar-refractivity contribution in [3.05, 3.63) is 30.1 Å². The van der Waals surface area contributed by atoms with E-state index in [-0.39, 0.29) is 24.0 Å². The second-order valence-electron chi connectivity index (χ2n) is 3.71. The molecule has 0 saturated heterocycles. The quantitative estimate of drug-likeness (QED) is 0.752. The molecule has 8 heteroatoms. The van der Waals surface area contributed by atoms with Crippen LogP contribution in [0.25, 0.3) is 0 Å². The molecule has 0 spiro atoms. The lowest BCUT2D eigenvalue weighted by atomic mass is 10.1. The minimum Gasteiger partial charge on any atom is -0.454 e. The third-order valence-electron chi connectivity index (χ3n) is 2.50. The topological polar surface area (TPSA) is 112 Å². The van der Waals surface area contributed by atoms with Crippen LogP contribution in [-0.4, -0.2) is 27.9 Å². The second kappa shape index (κ2) is 4.41. The third kappa shape index (κ3) is 2.10. The van der Waals surface area contributed by atoms with Gasteiger partial charge in [0.2, 0.25) is 12.7 Å². The molecular formula is C11H9N5O3. The maximum Gasteiger partial charge on any atom is 0.260 e. The third-order valence-corrected chi connectivity index (χ3v) is 2.50. The molecule has 0 unspecified atom stereocenters. The van der Waals surface area contributed by atoms with Crippen molar-refractivity contribution < 1.29 is 14.3 Å². The van der Waals surface area contributed by atoms with E-state index in [2.05, 4.69) is 20.5 Å². The van der Waals surface area contributed by atoms with Gasteiger partial charge in [0, 0.05) is 11.8 Å². The van der Waals surface area contributed by atoms with Crippen LogP contribution in [0.5, 0.6) is 11.5 Å². The van der Waals surface area contributed by atoms with Crippen molar-refractivity contribution in [2.75, 3.05) is 17.8 Å². The number of carbonyl (C=O) groups is 1. The Bertz CT molecular complexity index is 632. The predicted molar refractivity (Wildman–Crippen MR) is 64.8 cm³/mol. The fourth-order valence-corrected chi connectivity index (χ4v) is 1.63. The van der Waals surface area contributed by atoms with Crippen LogP contribution < -0.4 is 20.5 Å². The number of hydrogen-bond acceptors (Lipinski definition) is 7. The molecule has 96 valence electrons. The molecule has 1 amide bonds. The summed E-state index contributed by atoms with van der Waals surface area (Å²) in [5.74, 6) is 0.659. The lowest BCUT2D eigenvalue weighted by Crippen LogP contribution is -2.16. The predicted octanol–water partition coefficient (Wildman–Crippen LogP) is 0.435. The molecule has 0 fully saturated rings. The van der Waals surface area contributed by atoms with Crippen LogP contribution >= 0.6 is 0 Å². The van der Waals surface area contributed by atoms with Gasteiger partial charge in [0.15, 0.2) is 11.5 Å².